The van der Waals surface area contributed by atoms with Gasteiger partial charge in [-0.05, 0) is 32.7 Å². The van der Waals surface area contributed by atoms with E-state index in [0.717, 1.165) is 24.4 Å². The molecule has 2 rings (SSSR count). The molecule has 120 valence electrons. The van der Waals surface area contributed by atoms with Crippen LogP contribution in [0.4, 0.5) is 0 Å². The quantitative estimate of drug-likeness (QED) is 0.876. The molecule has 0 radical (unpaired) electrons. The van der Waals surface area contributed by atoms with Crippen LogP contribution in [0.3, 0.4) is 0 Å². The Balaban J connectivity index is 2.36. The zero-order valence-corrected chi connectivity index (χ0v) is 14.1. The molecule has 0 saturated carbocycles. The highest BCUT2D eigenvalue weighted by molar-refractivity contribution is 5.29. The molecule has 0 bridgehead atoms. The van der Waals surface area contributed by atoms with Gasteiger partial charge in [0.05, 0.1) is 37.3 Å². The second-order valence-electron chi connectivity index (χ2n) is 6.14. The number of hydrogen-bond acceptors (Lipinski definition) is 4. The molecule has 0 aliphatic carbocycles. The number of rotatable bonds is 6. The Labute approximate surface area is 128 Å². The summed E-state index contributed by atoms with van der Waals surface area (Å²) in [6.07, 6.45) is 3.41. The molecule has 0 spiro atoms. The zero-order chi connectivity index (χ0) is 15.6. The lowest BCUT2D eigenvalue weighted by Crippen LogP contribution is -2.36. The maximum atomic E-state index is 6.05. The van der Waals surface area contributed by atoms with Gasteiger partial charge in [-0.2, -0.15) is 5.10 Å². The standard InChI is InChI=1S/C16H29N3O2/c1-7-8-17-15(14-10(2)11(3)21-12(14)4)16-13(20-6)9-18-19(16)5/h9-12,14-15,17H,7-8H2,1-6H3. The summed E-state index contributed by atoms with van der Waals surface area (Å²) in [6.45, 7) is 9.78. The van der Waals surface area contributed by atoms with Gasteiger partial charge in [0.2, 0.25) is 0 Å². The van der Waals surface area contributed by atoms with Crippen LogP contribution < -0.4 is 10.1 Å². The highest BCUT2D eigenvalue weighted by Crippen LogP contribution is 2.42. The maximum absolute atomic E-state index is 6.05. The molecule has 1 aliphatic heterocycles. The van der Waals surface area contributed by atoms with E-state index in [1.807, 2.05) is 11.7 Å². The minimum absolute atomic E-state index is 0.197. The van der Waals surface area contributed by atoms with Gasteiger partial charge >= 0.3 is 0 Å². The van der Waals surface area contributed by atoms with Crippen molar-refractivity contribution in [3.8, 4) is 5.75 Å². The number of aryl methyl sites for hydroxylation is 1. The van der Waals surface area contributed by atoms with Gasteiger partial charge in [0.1, 0.15) is 0 Å². The topological polar surface area (TPSA) is 48.3 Å². The highest BCUT2D eigenvalue weighted by Gasteiger charge is 2.43. The van der Waals surface area contributed by atoms with Crippen LogP contribution in [0, 0.1) is 11.8 Å². The Morgan fingerprint density at radius 1 is 1.38 bits per heavy atom. The van der Waals surface area contributed by atoms with Crippen molar-refractivity contribution in [1.29, 1.82) is 0 Å². The maximum Gasteiger partial charge on any atom is 0.161 e. The van der Waals surface area contributed by atoms with Crippen LogP contribution in [-0.2, 0) is 11.8 Å². The first-order valence-corrected chi connectivity index (χ1v) is 7.95. The molecule has 5 unspecified atom stereocenters. The molecule has 2 heterocycles. The molecule has 1 aromatic rings. The van der Waals surface area contributed by atoms with Crippen molar-refractivity contribution < 1.29 is 9.47 Å². The first-order chi connectivity index (χ1) is 10.0. The summed E-state index contributed by atoms with van der Waals surface area (Å²) in [6, 6.07) is 0.197. The van der Waals surface area contributed by atoms with Crippen LogP contribution in [0.5, 0.6) is 5.75 Å². The Kier molecular flexibility index (Phi) is 5.27. The number of nitrogens with one attached hydrogen (secondary N) is 1. The van der Waals surface area contributed by atoms with E-state index >= 15 is 0 Å². The van der Waals surface area contributed by atoms with Crippen LogP contribution in [0.2, 0.25) is 0 Å². The van der Waals surface area contributed by atoms with Crippen LogP contribution in [0.15, 0.2) is 6.20 Å². The first kappa shape index (κ1) is 16.3. The monoisotopic (exact) mass is 295 g/mol. The Morgan fingerprint density at radius 2 is 2.10 bits per heavy atom. The first-order valence-electron chi connectivity index (χ1n) is 7.95. The van der Waals surface area contributed by atoms with Crippen LogP contribution in [0.25, 0.3) is 0 Å². The minimum atomic E-state index is 0.197. The van der Waals surface area contributed by atoms with Crippen LogP contribution in [0.1, 0.15) is 45.9 Å². The molecule has 5 heteroatoms. The van der Waals surface area contributed by atoms with Crippen molar-refractivity contribution in [2.24, 2.45) is 18.9 Å². The fraction of sp³-hybridized carbons (Fsp3) is 0.812. The molecule has 1 aromatic heterocycles. The number of methoxy groups -OCH3 is 1. The van der Waals surface area contributed by atoms with E-state index in [1.165, 1.54) is 0 Å². The van der Waals surface area contributed by atoms with Crippen LogP contribution in [-0.4, -0.2) is 35.6 Å². The number of ether oxygens (including phenoxy) is 2. The second kappa shape index (κ2) is 6.79. The van der Waals surface area contributed by atoms with Crippen LogP contribution >= 0.6 is 0 Å². The molecule has 1 aliphatic rings. The number of hydrogen-bond donors (Lipinski definition) is 1. The second-order valence-corrected chi connectivity index (χ2v) is 6.14. The third-order valence-corrected chi connectivity index (χ3v) is 4.78. The summed E-state index contributed by atoms with van der Waals surface area (Å²) in [7, 11) is 3.69. The van der Waals surface area contributed by atoms with Gasteiger partial charge in [-0.25, -0.2) is 0 Å². The van der Waals surface area contributed by atoms with Crippen molar-refractivity contribution in [1.82, 2.24) is 15.1 Å². The number of nitrogens with zero attached hydrogens (tertiary/aromatic N) is 2. The molecular weight excluding hydrogens is 266 g/mol. The Morgan fingerprint density at radius 3 is 2.62 bits per heavy atom. The average Bonchev–Trinajstić information content (AvgIpc) is 2.94. The van der Waals surface area contributed by atoms with E-state index in [9.17, 15) is 0 Å². The summed E-state index contributed by atoms with van der Waals surface area (Å²) >= 11 is 0. The van der Waals surface area contributed by atoms with E-state index in [2.05, 4.69) is 38.1 Å². The molecular formula is C16H29N3O2. The summed E-state index contributed by atoms with van der Waals surface area (Å²) in [5, 5.41) is 8.06. The summed E-state index contributed by atoms with van der Waals surface area (Å²) in [4.78, 5) is 0. The van der Waals surface area contributed by atoms with Gasteiger partial charge < -0.3 is 14.8 Å². The minimum Gasteiger partial charge on any atom is -0.493 e. The van der Waals surface area contributed by atoms with Crippen molar-refractivity contribution >= 4 is 0 Å². The molecule has 5 atom stereocenters. The lowest BCUT2D eigenvalue weighted by molar-refractivity contribution is 0.0471. The van der Waals surface area contributed by atoms with Gasteiger partial charge in [0.15, 0.2) is 5.75 Å². The van der Waals surface area contributed by atoms with Gasteiger partial charge in [-0.1, -0.05) is 13.8 Å². The summed E-state index contributed by atoms with van der Waals surface area (Å²) < 4.78 is 13.5. The SMILES string of the molecule is CCCNC(c1c(OC)cnn1C)C1C(C)OC(C)C1C. The third-order valence-electron chi connectivity index (χ3n) is 4.78. The smallest absolute Gasteiger partial charge is 0.161 e. The van der Waals surface area contributed by atoms with Gasteiger partial charge in [-0.3, -0.25) is 4.68 Å². The normalized spacial score (nSPS) is 30.6. The van der Waals surface area contributed by atoms with E-state index < -0.39 is 0 Å². The van der Waals surface area contributed by atoms with E-state index in [-0.39, 0.29) is 18.2 Å². The fourth-order valence-corrected chi connectivity index (χ4v) is 3.52. The van der Waals surface area contributed by atoms with E-state index in [0.29, 0.717) is 11.8 Å². The molecule has 0 amide bonds. The molecule has 21 heavy (non-hydrogen) atoms. The van der Waals surface area contributed by atoms with Crippen molar-refractivity contribution in [3.05, 3.63) is 11.9 Å². The predicted octanol–water partition coefficient (Wildman–Crippen LogP) is 2.53. The molecule has 5 nitrogen and oxygen atoms in total. The molecule has 1 saturated heterocycles. The zero-order valence-electron chi connectivity index (χ0n) is 14.1. The fourth-order valence-electron chi connectivity index (χ4n) is 3.52. The van der Waals surface area contributed by atoms with Gasteiger partial charge in [0.25, 0.3) is 0 Å². The lowest BCUT2D eigenvalue weighted by atomic mass is 9.81. The van der Waals surface area contributed by atoms with Crippen molar-refractivity contribution in [2.75, 3.05) is 13.7 Å². The van der Waals surface area contributed by atoms with E-state index in [4.69, 9.17) is 9.47 Å². The Hall–Kier alpha value is -1.07. The molecule has 1 fully saturated rings. The Bertz CT molecular complexity index is 460. The van der Waals surface area contributed by atoms with Crippen molar-refractivity contribution in [2.45, 2.75) is 52.4 Å². The number of aromatic nitrogens is 2. The largest absolute Gasteiger partial charge is 0.493 e. The molecule has 0 aromatic carbocycles. The highest BCUT2D eigenvalue weighted by atomic mass is 16.5. The lowest BCUT2D eigenvalue weighted by Gasteiger charge is -2.30. The van der Waals surface area contributed by atoms with Gasteiger partial charge in [0, 0.05) is 13.0 Å². The summed E-state index contributed by atoms with van der Waals surface area (Å²) in [5.41, 5.74) is 1.12. The van der Waals surface area contributed by atoms with Crippen molar-refractivity contribution in [3.63, 3.8) is 0 Å². The average molecular weight is 295 g/mol. The van der Waals surface area contributed by atoms with Gasteiger partial charge in [-0.15, -0.1) is 0 Å². The summed E-state index contributed by atoms with van der Waals surface area (Å²) in [5.74, 6) is 1.76. The predicted molar refractivity (Wildman–Crippen MR) is 83.5 cm³/mol. The molecule has 1 N–H and O–H groups in total. The third kappa shape index (κ3) is 3.09. The van der Waals surface area contributed by atoms with E-state index in [1.54, 1.807) is 13.3 Å².